The average molecular weight is 1040 g/mol. The summed E-state index contributed by atoms with van der Waals surface area (Å²) in [5, 5.41) is 0. The maximum atomic E-state index is 12.9. The highest BCUT2D eigenvalue weighted by molar-refractivity contribution is 5.80. The van der Waals surface area contributed by atoms with Crippen LogP contribution in [0.25, 0.3) is 0 Å². The van der Waals surface area contributed by atoms with Crippen molar-refractivity contribution in [2.75, 3.05) is 9.80 Å². The van der Waals surface area contributed by atoms with Crippen LogP contribution in [0.15, 0.2) is 206 Å². The molecule has 8 heteroatoms. The van der Waals surface area contributed by atoms with Gasteiger partial charge in [0.05, 0.1) is 5.41 Å². The van der Waals surface area contributed by atoms with E-state index in [0.29, 0.717) is 28.7 Å². The van der Waals surface area contributed by atoms with Gasteiger partial charge in [-0.1, -0.05) is 109 Å². The van der Waals surface area contributed by atoms with Crippen molar-refractivity contribution in [1.29, 1.82) is 0 Å². The van der Waals surface area contributed by atoms with Crippen molar-refractivity contribution in [3.05, 3.63) is 206 Å². The minimum Gasteiger partial charge on any atom is -0.487 e. The molecular weight excluding hydrogens is 965 g/mol. The zero-order valence-corrected chi connectivity index (χ0v) is 47.0. The van der Waals surface area contributed by atoms with E-state index < -0.39 is 5.41 Å². The highest BCUT2D eigenvalue weighted by atomic mass is 16.5. The van der Waals surface area contributed by atoms with Crippen molar-refractivity contribution >= 4 is 40.1 Å². The number of rotatable bonds is 27. The summed E-state index contributed by atoms with van der Waals surface area (Å²) in [4.78, 5) is 17.3. The molecule has 404 valence electrons. The number of nitrogens with zero attached hydrogens (tertiary/aromatic N) is 2. The average Bonchev–Trinajstić information content (AvgIpc) is 3.48. The molecule has 0 aliphatic carbocycles. The maximum Gasteiger partial charge on any atom is 0.316 e. The third-order valence-corrected chi connectivity index (χ3v) is 15.4. The van der Waals surface area contributed by atoms with Gasteiger partial charge in [0, 0.05) is 45.6 Å². The Balaban J connectivity index is 0.936. The van der Waals surface area contributed by atoms with Crippen LogP contribution in [0.3, 0.4) is 0 Å². The number of carbonyl (C=O) groups excluding carboxylic acids is 1. The van der Waals surface area contributed by atoms with Crippen LogP contribution in [-0.2, 0) is 4.79 Å². The number of carbonyl (C=O) groups is 1. The van der Waals surface area contributed by atoms with Crippen molar-refractivity contribution < 1.29 is 28.5 Å². The van der Waals surface area contributed by atoms with Crippen LogP contribution in [0.2, 0.25) is 0 Å². The van der Waals surface area contributed by atoms with Gasteiger partial charge in [-0.05, 0) is 211 Å². The summed E-state index contributed by atoms with van der Waals surface area (Å²) in [7, 11) is 0. The second-order valence-electron chi connectivity index (χ2n) is 21.4. The van der Waals surface area contributed by atoms with Crippen LogP contribution >= 0.6 is 0 Å². The number of anilines is 6. The van der Waals surface area contributed by atoms with Gasteiger partial charge in [-0.2, -0.15) is 0 Å². The molecule has 0 N–H and O–H groups in total. The number of para-hydroxylation sites is 2. The van der Waals surface area contributed by atoms with Crippen LogP contribution in [0, 0.1) is 10.8 Å². The molecule has 0 saturated carbocycles. The van der Waals surface area contributed by atoms with E-state index in [4.69, 9.17) is 23.7 Å². The molecule has 8 aromatic rings. The minimum absolute atomic E-state index is 0.0675. The Labute approximate surface area is 464 Å². The summed E-state index contributed by atoms with van der Waals surface area (Å²) in [6.45, 7) is 17.5. The first-order valence-electron chi connectivity index (χ1n) is 28.1. The molecule has 0 fully saturated rings. The molecule has 78 heavy (non-hydrogen) atoms. The molecule has 8 rings (SSSR count). The van der Waals surface area contributed by atoms with E-state index >= 15 is 0 Å². The summed E-state index contributed by atoms with van der Waals surface area (Å²) in [6.07, 6.45) is 10.8. The highest BCUT2D eigenvalue weighted by Gasteiger charge is 2.44. The standard InChI is InChI=1S/C70H78N2O6/c1-9-13-15-22-51-70(8,69(7,11-3)12-4)78-65-48-46-63(47-49-65)75-59-36-30-55(31-37-59)71(53-24-18-16-19-25-53)56-32-40-61(41-33-56)76-66-29-23-28-58(52-66)72(54-26-20-17-21-27-54)57-34-38-60(39-35-57)74-62-42-44-64(45-43-62)77-67(73)68(5,6)50-14-10-2/h16-21,23-49,52H,9-15,22,50-51H2,1-8H3. The summed E-state index contributed by atoms with van der Waals surface area (Å²) < 4.78 is 31.8. The summed E-state index contributed by atoms with van der Waals surface area (Å²) >= 11 is 0. The minimum atomic E-state index is -0.545. The molecule has 1 atom stereocenters. The Morgan fingerprint density at radius 2 is 0.756 bits per heavy atom. The fourth-order valence-electron chi connectivity index (χ4n) is 9.87. The number of benzene rings is 8. The molecule has 0 aromatic heterocycles. The highest BCUT2D eigenvalue weighted by Crippen LogP contribution is 2.45. The Hall–Kier alpha value is -7.97. The van der Waals surface area contributed by atoms with Crippen LogP contribution in [0.5, 0.6) is 46.0 Å². The van der Waals surface area contributed by atoms with Gasteiger partial charge in [0.2, 0.25) is 0 Å². The van der Waals surface area contributed by atoms with E-state index in [2.05, 4.69) is 118 Å². The van der Waals surface area contributed by atoms with Gasteiger partial charge in [0.25, 0.3) is 0 Å². The first-order chi connectivity index (χ1) is 37.8. The van der Waals surface area contributed by atoms with Gasteiger partial charge in [-0.25, -0.2) is 0 Å². The molecule has 0 saturated heterocycles. The molecule has 0 radical (unpaired) electrons. The second kappa shape index (κ2) is 26.4. The lowest BCUT2D eigenvalue weighted by Gasteiger charge is -2.46. The third kappa shape index (κ3) is 14.3. The molecular formula is C70H78N2O6. The number of esters is 1. The number of hydrogen-bond donors (Lipinski definition) is 0. The van der Waals surface area contributed by atoms with Crippen LogP contribution in [0.4, 0.5) is 34.1 Å². The van der Waals surface area contributed by atoms with Crippen LogP contribution in [-0.4, -0.2) is 11.6 Å². The first-order valence-corrected chi connectivity index (χ1v) is 28.1. The summed E-state index contributed by atoms with van der Waals surface area (Å²) in [5.41, 5.74) is 5.12. The van der Waals surface area contributed by atoms with Crippen molar-refractivity contribution in [3.63, 3.8) is 0 Å². The molecule has 0 aliphatic rings. The van der Waals surface area contributed by atoms with Gasteiger partial charge in [-0.3, -0.25) is 4.79 Å². The van der Waals surface area contributed by atoms with E-state index in [0.717, 1.165) is 89.9 Å². The summed E-state index contributed by atoms with van der Waals surface area (Å²) in [5.74, 6) is 5.36. The third-order valence-electron chi connectivity index (χ3n) is 15.4. The fraction of sp³-hybridized carbons (Fsp3) is 0.300. The van der Waals surface area contributed by atoms with E-state index in [1.807, 2.05) is 141 Å². The molecule has 0 aliphatic heterocycles. The van der Waals surface area contributed by atoms with Gasteiger partial charge < -0.3 is 33.5 Å². The Morgan fingerprint density at radius 3 is 1.21 bits per heavy atom. The quantitative estimate of drug-likeness (QED) is 0.0287. The number of unbranched alkanes of at least 4 members (excludes halogenated alkanes) is 4. The van der Waals surface area contributed by atoms with Crippen molar-refractivity contribution in [1.82, 2.24) is 0 Å². The fourth-order valence-corrected chi connectivity index (χ4v) is 9.87. The van der Waals surface area contributed by atoms with E-state index in [-0.39, 0.29) is 17.0 Å². The van der Waals surface area contributed by atoms with Crippen LogP contribution in [0.1, 0.15) is 120 Å². The second-order valence-corrected chi connectivity index (χ2v) is 21.4. The molecule has 0 spiro atoms. The van der Waals surface area contributed by atoms with E-state index in [1.165, 1.54) is 25.7 Å². The smallest absolute Gasteiger partial charge is 0.316 e. The molecule has 0 amide bonds. The lowest BCUT2D eigenvalue weighted by atomic mass is 9.68. The van der Waals surface area contributed by atoms with Crippen molar-refractivity contribution in [3.8, 4) is 46.0 Å². The maximum absolute atomic E-state index is 12.9. The zero-order valence-electron chi connectivity index (χ0n) is 47.0. The first kappa shape index (κ1) is 56.2. The summed E-state index contributed by atoms with van der Waals surface area (Å²) in [6, 6.07) is 68.3. The number of ether oxygens (including phenoxy) is 5. The van der Waals surface area contributed by atoms with Gasteiger partial charge in [-0.15, -0.1) is 0 Å². The van der Waals surface area contributed by atoms with Crippen molar-refractivity contribution in [2.24, 2.45) is 10.8 Å². The largest absolute Gasteiger partial charge is 0.487 e. The van der Waals surface area contributed by atoms with E-state index in [1.54, 1.807) is 12.1 Å². The Bertz CT molecular complexity index is 3080. The predicted octanol–water partition coefficient (Wildman–Crippen LogP) is 21.1. The normalized spacial score (nSPS) is 12.3. The monoisotopic (exact) mass is 1040 g/mol. The van der Waals surface area contributed by atoms with E-state index in [9.17, 15) is 4.79 Å². The molecule has 0 heterocycles. The van der Waals surface area contributed by atoms with Crippen molar-refractivity contribution in [2.45, 2.75) is 125 Å². The van der Waals surface area contributed by atoms with Gasteiger partial charge >= 0.3 is 5.97 Å². The topological polar surface area (TPSA) is 69.7 Å². The molecule has 8 aromatic carbocycles. The SMILES string of the molecule is CCCCCCC(C)(Oc1ccc(Oc2ccc(N(c3ccccc3)c3ccc(Oc4cccc(N(c5ccccc5)c5ccc(Oc6ccc(OC(=O)C(C)(C)CCCC)cc6)cc5)c4)cc3)cc2)cc1)C(C)(CC)CC. The Morgan fingerprint density at radius 1 is 0.372 bits per heavy atom. The lowest BCUT2D eigenvalue weighted by molar-refractivity contribution is -0.144. The van der Waals surface area contributed by atoms with Gasteiger partial charge in [0.15, 0.2) is 0 Å². The predicted molar refractivity (Wildman–Crippen MR) is 321 cm³/mol. The molecule has 0 bridgehead atoms. The zero-order chi connectivity index (χ0) is 55.0. The number of hydrogen-bond acceptors (Lipinski definition) is 8. The molecule has 1 unspecified atom stereocenters. The van der Waals surface area contributed by atoms with Gasteiger partial charge in [0.1, 0.15) is 51.6 Å². The Kier molecular flexibility index (Phi) is 19.0. The molecule has 8 nitrogen and oxygen atoms in total. The van der Waals surface area contributed by atoms with Crippen LogP contribution < -0.4 is 33.5 Å². The lowest BCUT2D eigenvalue weighted by Crippen LogP contribution is -2.48.